The third-order valence-electron chi connectivity index (χ3n) is 9.09. The van der Waals surface area contributed by atoms with Crippen molar-refractivity contribution < 1.29 is 76.0 Å². The summed E-state index contributed by atoms with van der Waals surface area (Å²) in [5, 5.41) is 66.4. The minimum absolute atomic E-state index is 0.0309. The van der Waals surface area contributed by atoms with Gasteiger partial charge in [0.25, 0.3) is 0 Å². The number of rotatable bonds is 9. The number of halogens is 6. The van der Waals surface area contributed by atoms with E-state index in [1.54, 1.807) is 0 Å². The molecular weight excluding hydrogens is 754 g/mol. The predicted molar refractivity (Wildman–Crippen MR) is 189 cm³/mol. The molecule has 0 spiro atoms. The third kappa shape index (κ3) is 7.58. The van der Waals surface area contributed by atoms with Gasteiger partial charge in [0, 0.05) is 57.0 Å². The largest absolute Gasteiger partial charge is 0.573 e. The first-order valence-corrected chi connectivity index (χ1v) is 16.3. The van der Waals surface area contributed by atoms with Crippen LogP contribution >= 0.6 is 0 Å². The minimum atomic E-state index is -4.95. The van der Waals surface area contributed by atoms with Crippen molar-refractivity contribution in [3.63, 3.8) is 0 Å². The number of phenolic OH excluding ortho intramolecular Hbond substituents is 6. The maximum absolute atomic E-state index is 13.2. The normalized spacial score (nSPS) is 11.9. The Labute approximate surface area is 311 Å². The van der Waals surface area contributed by atoms with Gasteiger partial charge in [0.2, 0.25) is 0 Å². The van der Waals surface area contributed by atoms with Crippen molar-refractivity contribution in [2.24, 2.45) is 0 Å². The second-order valence-electron chi connectivity index (χ2n) is 12.8. The number of benzene rings is 6. The van der Waals surface area contributed by atoms with Crippen LogP contribution in [0, 0.1) is 13.8 Å². The van der Waals surface area contributed by atoms with Crippen molar-refractivity contribution in [2.75, 3.05) is 0 Å². The summed E-state index contributed by atoms with van der Waals surface area (Å²) in [6, 6.07) is 13.1. The number of hydrogen-bond acceptors (Lipinski definition) is 10. The van der Waals surface area contributed by atoms with E-state index in [1.807, 2.05) is 0 Å². The van der Waals surface area contributed by atoms with E-state index < -0.39 is 83.1 Å². The molecule has 0 unspecified atom stereocenters. The molecule has 0 saturated heterocycles. The number of carbonyl (C=O) groups is 2. The Kier molecular flexibility index (Phi) is 9.79. The molecule has 16 heteroatoms. The first-order valence-electron chi connectivity index (χ1n) is 16.3. The van der Waals surface area contributed by atoms with Crippen LogP contribution in [0.25, 0.3) is 32.7 Å². The van der Waals surface area contributed by atoms with Crippen LogP contribution in [0.1, 0.15) is 43.0 Å². The van der Waals surface area contributed by atoms with E-state index in [2.05, 4.69) is 9.47 Å². The zero-order valence-electron chi connectivity index (χ0n) is 28.9. The summed E-state index contributed by atoms with van der Waals surface area (Å²) in [5.41, 5.74) is 0.298. The summed E-state index contributed by atoms with van der Waals surface area (Å²) in [5.74, 6) is -6.32. The summed E-state index contributed by atoms with van der Waals surface area (Å²) in [6.07, 6.45) is -11.0. The Morgan fingerprint density at radius 1 is 0.500 bits per heavy atom. The average Bonchev–Trinajstić information content (AvgIpc) is 3.10. The molecule has 0 heterocycles. The van der Waals surface area contributed by atoms with Crippen LogP contribution in [0.5, 0.6) is 46.0 Å². The first kappa shape index (κ1) is 38.9. The second-order valence-corrected chi connectivity index (χ2v) is 12.8. The van der Waals surface area contributed by atoms with Gasteiger partial charge in [0.05, 0.1) is 0 Å². The van der Waals surface area contributed by atoms with Gasteiger partial charge in [-0.05, 0) is 96.4 Å². The molecule has 0 atom stereocenters. The Balaban J connectivity index is 1.40. The fourth-order valence-electron chi connectivity index (χ4n) is 6.60. The van der Waals surface area contributed by atoms with E-state index in [9.17, 15) is 66.6 Å². The van der Waals surface area contributed by atoms with Gasteiger partial charge in [-0.15, -0.1) is 26.3 Å². The summed E-state index contributed by atoms with van der Waals surface area (Å²) >= 11 is 0. The molecule has 6 rings (SSSR count). The van der Waals surface area contributed by atoms with Gasteiger partial charge in [0.15, 0.2) is 34.6 Å². The maximum atomic E-state index is 13.2. The second kappa shape index (κ2) is 14.1. The van der Waals surface area contributed by atoms with E-state index in [-0.39, 0.29) is 66.1 Å². The van der Waals surface area contributed by atoms with Gasteiger partial charge < -0.3 is 40.1 Å². The molecule has 0 fully saturated rings. The van der Waals surface area contributed by atoms with E-state index in [4.69, 9.17) is 0 Å². The van der Waals surface area contributed by atoms with Crippen LogP contribution in [0.15, 0.2) is 72.8 Å². The fraction of sp³-hybridized carbons (Fsp3) is 0.150. The molecule has 6 aromatic rings. The van der Waals surface area contributed by atoms with Gasteiger partial charge in [-0.1, -0.05) is 12.1 Å². The van der Waals surface area contributed by atoms with Crippen molar-refractivity contribution in [2.45, 2.75) is 39.4 Å². The van der Waals surface area contributed by atoms with Crippen LogP contribution in [-0.4, -0.2) is 54.9 Å². The highest BCUT2D eigenvalue weighted by atomic mass is 19.4. The van der Waals surface area contributed by atoms with Gasteiger partial charge in [-0.3, -0.25) is 9.59 Å². The number of aryl methyl sites for hydroxylation is 2. The van der Waals surface area contributed by atoms with Crippen molar-refractivity contribution >= 4 is 33.1 Å². The van der Waals surface area contributed by atoms with Gasteiger partial charge in [-0.25, -0.2) is 0 Å². The predicted octanol–water partition coefficient (Wildman–Crippen LogP) is 9.16. The number of aromatic hydroxyl groups is 6. The Bertz CT molecular complexity index is 2380. The number of ketones is 2. The molecule has 10 nitrogen and oxygen atoms in total. The van der Waals surface area contributed by atoms with Crippen LogP contribution in [-0.2, 0) is 12.8 Å². The quantitative estimate of drug-likeness (QED) is 0.0472. The summed E-state index contributed by atoms with van der Waals surface area (Å²) in [7, 11) is 0. The minimum Gasteiger partial charge on any atom is -0.507 e. The Morgan fingerprint density at radius 3 is 1.12 bits per heavy atom. The number of fused-ring (bicyclic) bond motifs is 2. The molecular formula is C40H28F6O10. The van der Waals surface area contributed by atoms with Crippen LogP contribution < -0.4 is 9.47 Å². The molecule has 0 aliphatic heterocycles. The monoisotopic (exact) mass is 782 g/mol. The van der Waals surface area contributed by atoms with Gasteiger partial charge >= 0.3 is 12.7 Å². The molecule has 6 N–H and O–H groups in total. The lowest BCUT2D eigenvalue weighted by Crippen LogP contribution is -2.17. The number of phenols is 6. The smallest absolute Gasteiger partial charge is 0.507 e. The molecule has 56 heavy (non-hydrogen) atoms. The lowest BCUT2D eigenvalue weighted by Gasteiger charge is -2.20. The molecule has 0 aromatic heterocycles. The van der Waals surface area contributed by atoms with Crippen molar-refractivity contribution in [3.05, 3.63) is 106 Å². The van der Waals surface area contributed by atoms with Crippen LogP contribution in [0.2, 0.25) is 0 Å². The maximum Gasteiger partial charge on any atom is 0.573 e. The van der Waals surface area contributed by atoms with Crippen LogP contribution in [0.3, 0.4) is 0 Å². The highest BCUT2D eigenvalue weighted by molar-refractivity contribution is 6.09. The molecule has 0 saturated carbocycles. The van der Waals surface area contributed by atoms with E-state index in [0.717, 1.165) is 60.7 Å². The van der Waals surface area contributed by atoms with E-state index in [0.29, 0.717) is 0 Å². The number of ether oxygens (including phenoxy) is 2. The van der Waals surface area contributed by atoms with E-state index in [1.165, 1.54) is 26.0 Å². The average molecular weight is 783 g/mol. The molecule has 6 aromatic carbocycles. The zero-order chi connectivity index (χ0) is 41.0. The van der Waals surface area contributed by atoms with Gasteiger partial charge in [-0.2, -0.15) is 0 Å². The van der Waals surface area contributed by atoms with Crippen molar-refractivity contribution in [1.29, 1.82) is 0 Å². The first-order chi connectivity index (χ1) is 26.1. The zero-order valence-corrected chi connectivity index (χ0v) is 28.9. The number of carbonyl (C=O) groups excluding carboxylic acids is 2. The third-order valence-corrected chi connectivity index (χ3v) is 9.09. The lowest BCUT2D eigenvalue weighted by molar-refractivity contribution is -0.275. The Hall–Kier alpha value is -6.84. The molecule has 0 aliphatic rings. The number of Topliss-reactive ketones (excluding diaryl/α,β-unsaturated/α-hetero) is 2. The topological polar surface area (TPSA) is 174 Å². The number of hydrogen-bond donors (Lipinski definition) is 6. The highest BCUT2D eigenvalue weighted by Crippen LogP contribution is 2.51. The summed E-state index contributed by atoms with van der Waals surface area (Å²) in [6.45, 7) is 3.08. The Morgan fingerprint density at radius 2 is 0.821 bits per heavy atom. The SMILES string of the molecule is Cc1cc2c(CC(=O)c3ccc(OC(F)(F)F)cc3)c(O)c(O)cc2c(O)c1-c1c(C)cc2c(CC(=O)c3ccc(OC(F)(F)F)cc3)c(O)c(O)cc2c1O. The molecule has 0 bridgehead atoms. The van der Waals surface area contributed by atoms with Crippen LogP contribution in [0.4, 0.5) is 26.3 Å². The molecule has 0 amide bonds. The van der Waals surface area contributed by atoms with E-state index >= 15 is 0 Å². The standard InChI is InChI=1S/C40H28F6O10/c1-17-11-23-25(13-29(47)19-3-7-21(8-4-19)55-39(41,42)43)35(51)31(49)15-27(23)37(53)33(17)34-18(2)12-24-26(36(52)32(50)16-28(24)38(34)54)14-30(48)20-5-9-22(10-6-20)56-40(44,45)46/h3-12,15-16,49-54H,13-14H2,1-2H3. The van der Waals surface area contributed by atoms with Crippen molar-refractivity contribution in [3.8, 4) is 57.1 Å². The summed E-state index contributed by atoms with van der Waals surface area (Å²) in [4.78, 5) is 26.4. The fourth-order valence-corrected chi connectivity index (χ4v) is 6.60. The van der Waals surface area contributed by atoms with Crippen molar-refractivity contribution in [1.82, 2.24) is 0 Å². The molecule has 0 aliphatic carbocycles. The van der Waals surface area contributed by atoms with Gasteiger partial charge in [0.1, 0.15) is 23.0 Å². The lowest BCUT2D eigenvalue weighted by atomic mass is 9.86. The number of alkyl halides is 6. The highest BCUT2D eigenvalue weighted by Gasteiger charge is 2.32. The molecule has 0 radical (unpaired) electrons. The summed E-state index contributed by atoms with van der Waals surface area (Å²) < 4.78 is 83.2. The molecule has 290 valence electrons.